The quantitative estimate of drug-likeness (QED) is 0.390. The summed E-state index contributed by atoms with van der Waals surface area (Å²) in [4.78, 5) is 17.5. The predicted octanol–water partition coefficient (Wildman–Crippen LogP) is 6.01. The Morgan fingerprint density at radius 1 is 0.968 bits per heavy atom. The Morgan fingerprint density at radius 3 is 2.39 bits per heavy atom. The maximum absolute atomic E-state index is 13.5. The molecule has 1 amide bonds. The number of nitrogens with zero attached hydrogens (tertiary/aromatic N) is 3. The number of nitrogens with one attached hydrogen (secondary N) is 1. The van der Waals surface area contributed by atoms with Crippen molar-refractivity contribution in [1.82, 2.24) is 14.8 Å². The van der Waals surface area contributed by atoms with E-state index in [0.29, 0.717) is 17.1 Å². The van der Waals surface area contributed by atoms with Crippen LogP contribution in [0.25, 0.3) is 17.1 Å². The highest BCUT2D eigenvalue weighted by atomic mass is 79.9. The number of aromatic nitrogens is 3. The lowest BCUT2D eigenvalue weighted by molar-refractivity contribution is 0.101. The molecule has 3 aromatic carbocycles. The van der Waals surface area contributed by atoms with Gasteiger partial charge in [-0.15, -0.1) is 5.10 Å². The van der Waals surface area contributed by atoms with Crippen LogP contribution in [-0.2, 0) is 0 Å². The highest BCUT2D eigenvalue weighted by molar-refractivity contribution is 9.10. The molecule has 1 aromatic heterocycles. The predicted molar refractivity (Wildman–Crippen MR) is 123 cm³/mol. The van der Waals surface area contributed by atoms with Crippen molar-refractivity contribution in [2.45, 2.75) is 20.8 Å². The number of amides is 1. The van der Waals surface area contributed by atoms with Gasteiger partial charge in [0.15, 0.2) is 5.82 Å². The highest BCUT2D eigenvalue weighted by Gasteiger charge is 2.20. The summed E-state index contributed by atoms with van der Waals surface area (Å²) >= 11 is 3.42. The van der Waals surface area contributed by atoms with Crippen molar-refractivity contribution in [2.24, 2.45) is 0 Å². The Bertz CT molecular complexity index is 1280. The molecule has 0 aliphatic heterocycles. The van der Waals surface area contributed by atoms with Crippen molar-refractivity contribution in [1.29, 1.82) is 0 Å². The third kappa shape index (κ3) is 4.41. The first-order valence-electron chi connectivity index (χ1n) is 9.70. The molecule has 0 fully saturated rings. The lowest BCUT2D eigenvalue weighted by Gasteiger charge is -2.10. The fraction of sp³-hybridized carbons (Fsp3) is 0.125. The van der Waals surface area contributed by atoms with E-state index in [4.69, 9.17) is 0 Å². The molecule has 4 rings (SSSR count). The minimum atomic E-state index is -0.419. The molecule has 0 bridgehead atoms. The van der Waals surface area contributed by atoms with E-state index >= 15 is 0 Å². The number of hydrogen-bond donors (Lipinski definition) is 1. The van der Waals surface area contributed by atoms with Crippen LogP contribution in [-0.4, -0.2) is 20.7 Å². The Labute approximate surface area is 188 Å². The topological polar surface area (TPSA) is 59.8 Å². The molecule has 0 atom stereocenters. The summed E-state index contributed by atoms with van der Waals surface area (Å²) in [6.07, 6.45) is 0. The summed E-state index contributed by atoms with van der Waals surface area (Å²) in [5, 5.41) is 7.38. The van der Waals surface area contributed by atoms with E-state index in [1.54, 1.807) is 16.8 Å². The smallest absolute Gasteiger partial charge is 0.295 e. The first-order chi connectivity index (χ1) is 14.8. The molecule has 0 aliphatic rings. The first-order valence-corrected chi connectivity index (χ1v) is 10.5. The van der Waals surface area contributed by atoms with Crippen molar-refractivity contribution < 1.29 is 9.18 Å². The van der Waals surface area contributed by atoms with E-state index < -0.39 is 5.91 Å². The molecule has 0 spiro atoms. The van der Waals surface area contributed by atoms with Gasteiger partial charge in [-0.05, 0) is 80.4 Å². The van der Waals surface area contributed by atoms with Gasteiger partial charge >= 0.3 is 0 Å². The Hall–Kier alpha value is -3.32. The van der Waals surface area contributed by atoms with E-state index in [1.165, 1.54) is 12.1 Å². The van der Waals surface area contributed by atoms with Crippen LogP contribution in [0.2, 0.25) is 0 Å². The van der Waals surface area contributed by atoms with Gasteiger partial charge in [0.25, 0.3) is 5.91 Å². The summed E-state index contributed by atoms with van der Waals surface area (Å²) < 4.78 is 16.0. The van der Waals surface area contributed by atoms with Crippen LogP contribution < -0.4 is 5.32 Å². The average Bonchev–Trinajstić information content (AvgIpc) is 3.16. The second kappa shape index (κ2) is 8.43. The van der Waals surface area contributed by atoms with Gasteiger partial charge in [0, 0.05) is 15.7 Å². The van der Waals surface area contributed by atoms with Crippen LogP contribution >= 0.6 is 15.9 Å². The van der Waals surface area contributed by atoms with Crippen LogP contribution in [0.3, 0.4) is 0 Å². The number of carbonyl (C=O) groups excluding carboxylic acids is 1. The molecule has 31 heavy (non-hydrogen) atoms. The molecule has 1 heterocycles. The maximum atomic E-state index is 13.5. The zero-order chi connectivity index (χ0) is 22.1. The van der Waals surface area contributed by atoms with Crippen molar-refractivity contribution in [2.75, 3.05) is 5.32 Å². The maximum Gasteiger partial charge on any atom is 0.295 e. The van der Waals surface area contributed by atoms with E-state index in [-0.39, 0.29) is 11.6 Å². The molecular weight excluding hydrogens is 459 g/mol. The van der Waals surface area contributed by atoms with Crippen LogP contribution in [0.5, 0.6) is 0 Å². The number of carbonyl (C=O) groups is 1. The summed E-state index contributed by atoms with van der Waals surface area (Å²) in [7, 11) is 0. The van der Waals surface area contributed by atoms with E-state index in [2.05, 4.69) is 31.3 Å². The third-order valence-electron chi connectivity index (χ3n) is 4.93. The van der Waals surface area contributed by atoms with Gasteiger partial charge in [0.05, 0.1) is 5.69 Å². The molecule has 0 saturated carbocycles. The molecular formula is C24H20BrFN4O. The van der Waals surface area contributed by atoms with Crippen LogP contribution in [0, 0.1) is 26.6 Å². The number of rotatable bonds is 4. The van der Waals surface area contributed by atoms with Crippen LogP contribution in [0.4, 0.5) is 10.1 Å². The zero-order valence-electron chi connectivity index (χ0n) is 17.3. The summed E-state index contributed by atoms with van der Waals surface area (Å²) in [5.74, 6) is -0.270. The van der Waals surface area contributed by atoms with Gasteiger partial charge in [-0.3, -0.25) is 4.79 Å². The minimum absolute atomic E-state index is 0.0293. The number of hydrogen-bond acceptors (Lipinski definition) is 3. The molecule has 0 unspecified atom stereocenters. The fourth-order valence-electron chi connectivity index (χ4n) is 3.35. The molecule has 5 nitrogen and oxygen atoms in total. The zero-order valence-corrected chi connectivity index (χ0v) is 18.9. The van der Waals surface area contributed by atoms with Crippen LogP contribution in [0.15, 0.2) is 65.1 Å². The van der Waals surface area contributed by atoms with E-state index in [1.807, 2.05) is 57.2 Å². The second-order valence-corrected chi connectivity index (χ2v) is 8.30. The Balaban J connectivity index is 1.79. The third-order valence-corrected chi connectivity index (χ3v) is 5.42. The van der Waals surface area contributed by atoms with Gasteiger partial charge < -0.3 is 5.32 Å². The second-order valence-electron chi connectivity index (χ2n) is 7.38. The first kappa shape index (κ1) is 20.9. The summed E-state index contributed by atoms with van der Waals surface area (Å²) in [6.45, 7) is 5.90. The number of benzene rings is 3. The fourth-order valence-corrected chi connectivity index (χ4v) is 3.83. The van der Waals surface area contributed by atoms with Crippen molar-refractivity contribution in [3.8, 4) is 17.1 Å². The Kier molecular flexibility index (Phi) is 5.69. The molecule has 4 aromatic rings. The lowest BCUT2D eigenvalue weighted by atomic mass is 10.1. The normalized spacial score (nSPS) is 10.9. The standard InChI is InChI=1S/C24H20BrFN4O/c1-14-4-11-21(16(3)12-14)30-23(17-5-8-19(26)9-6-17)28-22(29-30)24(31)27-20-10-7-18(25)13-15(20)2/h4-13H,1-3H3,(H,27,31). The minimum Gasteiger partial charge on any atom is -0.319 e. The van der Waals surface area contributed by atoms with Gasteiger partial charge in [0.2, 0.25) is 5.82 Å². The molecule has 1 N–H and O–H groups in total. The molecule has 156 valence electrons. The van der Waals surface area contributed by atoms with Gasteiger partial charge in [-0.25, -0.2) is 14.1 Å². The van der Waals surface area contributed by atoms with E-state index in [0.717, 1.165) is 26.9 Å². The van der Waals surface area contributed by atoms with Gasteiger partial charge in [-0.2, -0.15) is 0 Å². The molecule has 7 heteroatoms. The largest absolute Gasteiger partial charge is 0.319 e. The van der Waals surface area contributed by atoms with Crippen molar-refractivity contribution in [3.05, 3.63) is 93.5 Å². The lowest BCUT2D eigenvalue weighted by Crippen LogP contribution is -2.15. The van der Waals surface area contributed by atoms with E-state index in [9.17, 15) is 9.18 Å². The number of halogens is 2. The SMILES string of the molecule is Cc1ccc(-n2nc(C(=O)Nc3ccc(Br)cc3C)nc2-c2ccc(F)cc2)c(C)c1. The van der Waals surface area contributed by atoms with Crippen molar-refractivity contribution >= 4 is 27.5 Å². The number of anilines is 1. The summed E-state index contributed by atoms with van der Waals surface area (Å²) in [5.41, 5.74) is 5.16. The van der Waals surface area contributed by atoms with Crippen molar-refractivity contribution in [3.63, 3.8) is 0 Å². The van der Waals surface area contributed by atoms with Crippen LogP contribution in [0.1, 0.15) is 27.3 Å². The molecule has 0 saturated heterocycles. The van der Waals surface area contributed by atoms with Gasteiger partial charge in [0.1, 0.15) is 5.82 Å². The average molecular weight is 479 g/mol. The highest BCUT2D eigenvalue weighted by Crippen LogP contribution is 2.25. The Morgan fingerprint density at radius 2 is 1.71 bits per heavy atom. The van der Waals surface area contributed by atoms with Gasteiger partial charge in [-0.1, -0.05) is 33.6 Å². The summed E-state index contributed by atoms with van der Waals surface area (Å²) in [6, 6.07) is 17.5. The molecule has 0 aliphatic carbocycles. The monoisotopic (exact) mass is 478 g/mol. The number of aryl methyl sites for hydroxylation is 3. The molecule has 0 radical (unpaired) electrons.